The summed E-state index contributed by atoms with van der Waals surface area (Å²) in [5.74, 6) is 0.663. The molecule has 6 nitrogen and oxygen atoms in total. The van der Waals surface area contributed by atoms with E-state index < -0.39 is 15.9 Å². The lowest BCUT2D eigenvalue weighted by atomic mass is 10.0. The van der Waals surface area contributed by atoms with Gasteiger partial charge in [-0.1, -0.05) is 55.8 Å². The summed E-state index contributed by atoms with van der Waals surface area (Å²) >= 11 is 6.09. The van der Waals surface area contributed by atoms with Crippen LogP contribution in [-0.4, -0.2) is 40.3 Å². The molecule has 152 valence electrons. The number of nitrogens with one attached hydrogen (secondary N) is 1. The molecule has 0 saturated heterocycles. The number of nitrogens with zero attached hydrogens (tertiary/aromatic N) is 1. The van der Waals surface area contributed by atoms with Crippen LogP contribution >= 0.6 is 11.6 Å². The Kier molecular flexibility index (Phi) is 7.71. The topological polar surface area (TPSA) is 75.7 Å². The number of hydrogen-bond donors (Lipinski definition) is 1. The Morgan fingerprint density at radius 3 is 2.43 bits per heavy atom. The smallest absolute Gasteiger partial charge is 0.240 e. The molecule has 28 heavy (non-hydrogen) atoms. The van der Waals surface area contributed by atoms with Gasteiger partial charge in [-0.15, -0.1) is 0 Å². The molecular weight excluding hydrogens is 400 g/mol. The van der Waals surface area contributed by atoms with Crippen molar-refractivity contribution in [1.29, 1.82) is 0 Å². The number of sulfonamides is 1. The van der Waals surface area contributed by atoms with Crippen molar-refractivity contribution < 1.29 is 17.9 Å². The summed E-state index contributed by atoms with van der Waals surface area (Å²) in [7, 11) is -3.67. The molecule has 0 aromatic heterocycles. The number of hydrogen-bond acceptors (Lipinski definition) is 4. The maximum atomic E-state index is 12.3. The number of halogens is 1. The summed E-state index contributed by atoms with van der Waals surface area (Å²) in [4.78, 5) is 12.3. The number of ether oxygens (including phenoxy) is 1. The van der Waals surface area contributed by atoms with Gasteiger partial charge in [-0.2, -0.15) is 0 Å². The minimum absolute atomic E-state index is 0.255. The number of para-hydroxylation sites is 2. The molecule has 0 aliphatic carbocycles. The second kappa shape index (κ2) is 9.80. The first-order valence-corrected chi connectivity index (χ1v) is 11.1. The van der Waals surface area contributed by atoms with Gasteiger partial charge in [-0.3, -0.25) is 9.10 Å². The van der Waals surface area contributed by atoms with Gasteiger partial charge in [0.1, 0.15) is 18.9 Å². The zero-order chi connectivity index (χ0) is 20.7. The summed E-state index contributed by atoms with van der Waals surface area (Å²) in [6, 6.07) is 14.2. The first-order valence-electron chi connectivity index (χ1n) is 8.91. The first-order chi connectivity index (χ1) is 13.2. The Bertz CT molecular complexity index is 916. The highest BCUT2D eigenvalue weighted by Gasteiger charge is 2.22. The van der Waals surface area contributed by atoms with Gasteiger partial charge in [0.2, 0.25) is 15.9 Å². The lowest BCUT2D eigenvalue weighted by Gasteiger charge is -2.22. The van der Waals surface area contributed by atoms with E-state index >= 15 is 0 Å². The quantitative estimate of drug-likeness (QED) is 0.626. The zero-order valence-electron chi connectivity index (χ0n) is 16.2. The molecule has 0 aliphatic heterocycles. The molecule has 0 bridgehead atoms. The fourth-order valence-corrected chi connectivity index (χ4v) is 3.82. The molecule has 0 fully saturated rings. The van der Waals surface area contributed by atoms with Crippen LogP contribution in [0.1, 0.15) is 25.3 Å². The third kappa shape index (κ3) is 6.14. The Hall–Kier alpha value is -2.25. The standard InChI is InChI=1S/C20H25ClN2O4S/c1-15(2)16-8-4-7-11-19(16)27-13-12-22-20(24)14-23(28(3,25)26)18-10-6-5-9-17(18)21/h4-11,15H,12-14H2,1-3H3,(H,22,24). The van der Waals surface area contributed by atoms with Crippen LogP contribution in [0, 0.1) is 0 Å². The molecule has 8 heteroatoms. The summed E-state index contributed by atoms with van der Waals surface area (Å²) in [6.07, 6.45) is 1.04. The monoisotopic (exact) mass is 424 g/mol. The van der Waals surface area contributed by atoms with Crippen molar-refractivity contribution in [1.82, 2.24) is 5.32 Å². The van der Waals surface area contributed by atoms with E-state index in [-0.39, 0.29) is 30.4 Å². The fraction of sp³-hybridized carbons (Fsp3) is 0.350. The molecular formula is C20H25ClN2O4S. The molecule has 0 radical (unpaired) electrons. The molecule has 2 aromatic carbocycles. The number of carbonyl (C=O) groups is 1. The van der Waals surface area contributed by atoms with Gasteiger partial charge in [0.25, 0.3) is 0 Å². The zero-order valence-corrected chi connectivity index (χ0v) is 17.8. The Morgan fingerprint density at radius 1 is 1.14 bits per heavy atom. The number of rotatable bonds is 9. The number of benzene rings is 2. The highest BCUT2D eigenvalue weighted by molar-refractivity contribution is 7.92. The van der Waals surface area contributed by atoms with Crippen molar-refractivity contribution >= 4 is 33.2 Å². The van der Waals surface area contributed by atoms with Gasteiger partial charge in [0, 0.05) is 0 Å². The molecule has 0 unspecified atom stereocenters. The molecule has 0 spiro atoms. The van der Waals surface area contributed by atoms with Crippen molar-refractivity contribution in [2.75, 3.05) is 30.3 Å². The lowest BCUT2D eigenvalue weighted by molar-refractivity contribution is -0.119. The van der Waals surface area contributed by atoms with E-state index in [4.69, 9.17) is 16.3 Å². The number of carbonyl (C=O) groups excluding carboxylic acids is 1. The normalized spacial score (nSPS) is 11.3. The highest BCUT2D eigenvalue weighted by Crippen LogP contribution is 2.27. The van der Waals surface area contributed by atoms with Crippen LogP contribution in [0.5, 0.6) is 5.75 Å². The molecule has 0 aliphatic rings. The van der Waals surface area contributed by atoms with Crippen molar-refractivity contribution in [2.45, 2.75) is 19.8 Å². The summed E-state index contributed by atoms with van der Waals surface area (Å²) < 4.78 is 30.9. The maximum Gasteiger partial charge on any atom is 0.240 e. The van der Waals surface area contributed by atoms with Crippen molar-refractivity contribution in [2.24, 2.45) is 0 Å². The summed E-state index contributed by atoms with van der Waals surface area (Å²) in [6.45, 7) is 4.34. The minimum atomic E-state index is -3.67. The summed E-state index contributed by atoms with van der Waals surface area (Å²) in [5.41, 5.74) is 1.36. The predicted octanol–water partition coefficient (Wildman–Crippen LogP) is 3.42. The van der Waals surface area contributed by atoms with E-state index in [0.717, 1.165) is 21.9 Å². The van der Waals surface area contributed by atoms with E-state index in [1.165, 1.54) is 0 Å². The van der Waals surface area contributed by atoms with Crippen LogP contribution in [0.2, 0.25) is 5.02 Å². The highest BCUT2D eigenvalue weighted by atomic mass is 35.5. The SMILES string of the molecule is CC(C)c1ccccc1OCCNC(=O)CN(c1ccccc1Cl)S(C)(=O)=O. The van der Waals surface area contributed by atoms with Gasteiger partial charge < -0.3 is 10.1 Å². The Balaban J connectivity index is 1.93. The van der Waals surface area contributed by atoms with Gasteiger partial charge in [0.15, 0.2) is 0 Å². The Morgan fingerprint density at radius 2 is 1.79 bits per heavy atom. The van der Waals surface area contributed by atoms with Crippen molar-refractivity contribution in [3.63, 3.8) is 0 Å². The van der Waals surface area contributed by atoms with Crippen molar-refractivity contribution in [3.8, 4) is 5.75 Å². The van der Waals surface area contributed by atoms with Crippen LogP contribution in [0.3, 0.4) is 0 Å². The van der Waals surface area contributed by atoms with Crippen LogP contribution in [0.4, 0.5) is 5.69 Å². The number of anilines is 1. The Labute approximate surface area is 171 Å². The molecule has 0 saturated carbocycles. The second-order valence-electron chi connectivity index (χ2n) is 6.61. The van der Waals surface area contributed by atoms with Crippen LogP contribution in [0.25, 0.3) is 0 Å². The molecule has 1 N–H and O–H groups in total. The van der Waals surface area contributed by atoms with Crippen LogP contribution < -0.4 is 14.4 Å². The third-order valence-corrected chi connectivity index (χ3v) is 5.48. The van der Waals surface area contributed by atoms with Gasteiger partial charge in [-0.25, -0.2) is 8.42 Å². The molecule has 2 aromatic rings. The first kappa shape index (κ1) is 22.0. The van der Waals surface area contributed by atoms with E-state index in [1.807, 2.05) is 24.3 Å². The molecule has 1 amide bonds. The fourth-order valence-electron chi connectivity index (χ4n) is 2.66. The van der Waals surface area contributed by atoms with E-state index in [0.29, 0.717) is 5.92 Å². The predicted molar refractivity (Wildman–Crippen MR) is 113 cm³/mol. The van der Waals surface area contributed by atoms with Gasteiger partial charge in [-0.05, 0) is 29.7 Å². The molecule has 2 rings (SSSR count). The maximum absolute atomic E-state index is 12.3. The molecule has 0 heterocycles. The van der Waals surface area contributed by atoms with E-state index in [9.17, 15) is 13.2 Å². The van der Waals surface area contributed by atoms with E-state index in [1.54, 1.807) is 24.3 Å². The van der Waals surface area contributed by atoms with Crippen LogP contribution in [0.15, 0.2) is 48.5 Å². The van der Waals surface area contributed by atoms with Gasteiger partial charge in [0.05, 0.1) is 23.5 Å². The second-order valence-corrected chi connectivity index (χ2v) is 8.93. The van der Waals surface area contributed by atoms with Gasteiger partial charge >= 0.3 is 0 Å². The van der Waals surface area contributed by atoms with E-state index in [2.05, 4.69) is 19.2 Å². The lowest BCUT2D eigenvalue weighted by Crippen LogP contribution is -2.41. The average molecular weight is 425 g/mol. The molecule has 0 atom stereocenters. The van der Waals surface area contributed by atoms with Crippen LogP contribution in [-0.2, 0) is 14.8 Å². The number of amides is 1. The minimum Gasteiger partial charge on any atom is -0.491 e. The third-order valence-electron chi connectivity index (χ3n) is 4.03. The average Bonchev–Trinajstić information content (AvgIpc) is 2.63. The largest absolute Gasteiger partial charge is 0.491 e. The summed E-state index contributed by atoms with van der Waals surface area (Å²) in [5, 5.41) is 2.94. The van der Waals surface area contributed by atoms with Crippen molar-refractivity contribution in [3.05, 3.63) is 59.1 Å².